The van der Waals surface area contributed by atoms with Gasteiger partial charge in [0.25, 0.3) is 0 Å². The van der Waals surface area contributed by atoms with Crippen LogP contribution in [0.4, 0.5) is 13.6 Å². The minimum Gasteiger partial charge on any atom is -0.478 e. The SMILES string of the molecule is C[C@@H]1C[C@H]2[C@@H]3C[C@H](F)C4=CC(=O)C=C[C@]4(C)[C@@]3(F)[C@@H](O)C[C@]2(C)[C@]1(OC(=O)OC1CCCCCCC1)C(=O)O. The number of hydrogen-bond acceptors (Lipinski definition) is 6. The fourth-order valence-electron chi connectivity index (χ4n) is 9.07. The number of ketones is 1. The van der Waals surface area contributed by atoms with Crippen molar-refractivity contribution in [2.24, 2.45) is 28.6 Å². The largest absolute Gasteiger partial charge is 0.509 e. The van der Waals surface area contributed by atoms with E-state index in [0.29, 0.717) is 12.8 Å². The summed E-state index contributed by atoms with van der Waals surface area (Å²) in [4.78, 5) is 38.2. The van der Waals surface area contributed by atoms with Gasteiger partial charge in [0, 0.05) is 22.7 Å². The molecule has 0 radical (unpaired) electrons. The number of alkyl halides is 2. The fraction of sp³-hybridized carbons (Fsp3) is 0.767. The van der Waals surface area contributed by atoms with Gasteiger partial charge >= 0.3 is 12.1 Å². The molecule has 4 fully saturated rings. The van der Waals surface area contributed by atoms with Crippen LogP contribution in [0, 0.1) is 28.6 Å². The number of aliphatic carboxylic acids is 1. The number of aliphatic hydroxyl groups is 1. The maximum atomic E-state index is 17.4. The van der Waals surface area contributed by atoms with Gasteiger partial charge in [0.1, 0.15) is 12.3 Å². The topological polar surface area (TPSA) is 110 Å². The predicted molar refractivity (Wildman–Crippen MR) is 137 cm³/mol. The molecule has 7 nitrogen and oxygen atoms in total. The molecular weight excluding hydrogens is 510 g/mol. The smallest absolute Gasteiger partial charge is 0.478 e. The number of allylic oxidation sites excluding steroid dienone is 4. The molecule has 0 aromatic carbocycles. The molecule has 0 amide bonds. The van der Waals surface area contributed by atoms with Crippen LogP contribution in [0.5, 0.6) is 0 Å². The predicted octanol–water partition coefficient (Wildman–Crippen LogP) is 5.64. The number of carboxylic acids is 1. The standard InChI is InChI=1S/C30H40F2O7/c1-17-13-20-21-15-23(31)22-14-18(33)11-12-27(22,2)29(21,32)24(34)16-28(20,3)30(17,25(35)36)39-26(37)38-19-9-7-5-4-6-8-10-19/h11-12,14,17,19-21,23-24,34H,4-10,13,15-16H2,1-3H3,(H,35,36)/t17-,20+,21+,23+,24+,27+,28+,29+,30-/m1/s1. The first-order valence-corrected chi connectivity index (χ1v) is 14.4. The zero-order valence-electron chi connectivity index (χ0n) is 23.0. The second-order valence-electron chi connectivity index (χ2n) is 13.0. The summed E-state index contributed by atoms with van der Waals surface area (Å²) in [6.07, 6.45) is 4.89. The molecule has 5 rings (SSSR count). The van der Waals surface area contributed by atoms with Crippen LogP contribution in [0.2, 0.25) is 0 Å². The molecule has 0 aliphatic heterocycles. The minimum absolute atomic E-state index is 0.00553. The first-order valence-electron chi connectivity index (χ1n) is 14.4. The summed E-state index contributed by atoms with van der Waals surface area (Å²) >= 11 is 0. The van der Waals surface area contributed by atoms with Gasteiger partial charge in [0.05, 0.1) is 6.10 Å². The van der Waals surface area contributed by atoms with Crippen molar-refractivity contribution in [2.45, 2.75) is 115 Å². The Morgan fingerprint density at radius 1 is 1.05 bits per heavy atom. The van der Waals surface area contributed by atoms with Crippen molar-refractivity contribution < 1.29 is 42.9 Å². The van der Waals surface area contributed by atoms with E-state index in [1.54, 1.807) is 13.8 Å². The third-order valence-electron chi connectivity index (χ3n) is 11.0. The zero-order valence-corrected chi connectivity index (χ0v) is 23.0. The lowest BCUT2D eigenvalue weighted by Gasteiger charge is -2.62. The molecule has 0 heterocycles. The van der Waals surface area contributed by atoms with Gasteiger partial charge in [-0.25, -0.2) is 18.4 Å². The molecule has 0 aromatic heterocycles. The number of halogens is 2. The van der Waals surface area contributed by atoms with Crippen LogP contribution in [0.15, 0.2) is 23.8 Å². The van der Waals surface area contributed by atoms with Crippen LogP contribution in [0.25, 0.3) is 0 Å². The lowest BCUT2D eigenvalue weighted by atomic mass is 9.44. The van der Waals surface area contributed by atoms with E-state index in [9.17, 15) is 24.6 Å². The van der Waals surface area contributed by atoms with Gasteiger partial charge in [0.2, 0.25) is 5.60 Å². The molecule has 9 atom stereocenters. The summed E-state index contributed by atoms with van der Waals surface area (Å²) < 4.78 is 44.4. The third-order valence-corrected chi connectivity index (χ3v) is 11.0. The van der Waals surface area contributed by atoms with Crippen molar-refractivity contribution in [3.05, 3.63) is 23.8 Å². The van der Waals surface area contributed by atoms with Gasteiger partial charge in [-0.1, -0.05) is 39.2 Å². The van der Waals surface area contributed by atoms with Crippen LogP contribution in [0.3, 0.4) is 0 Å². The van der Waals surface area contributed by atoms with E-state index in [1.165, 1.54) is 19.1 Å². The second kappa shape index (κ2) is 9.67. The molecule has 0 bridgehead atoms. The molecule has 216 valence electrons. The Kier molecular flexibility index (Phi) is 7.00. The second-order valence-corrected chi connectivity index (χ2v) is 13.0. The molecule has 2 N–H and O–H groups in total. The monoisotopic (exact) mass is 550 g/mol. The minimum atomic E-state index is -2.34. The fourth-order valence-corrected chi connectivity index (χ4v) is 9.07. The third kappa shape index (κ3) is 3.92. The van der Waals surface area contributed by atoms with Crippen molar-refractivity contribution in [1.82, 2.24) is 0 Å². The molecule has 5 aliphatic carbocycles. The van der Waals surface area contributed by atoms with Crippen LogP contribution in [-0.2, 0) is 19.1 Å². The van der Waals surface area contributed by atoms with Gasteiger partial charge < -0.3 is 19.7 Å². The molecule has 0 spiro atoms. The summed E-state index contributed by atoms with van der Waals surface area (Å²) in [7, 11) is 0. The van der Waals surface area contributed by atoms with Gasteiger partial charge in [-0.3, -0.25) is 4.79 Å². The molecule has 0 saturated heterocycles. The van der Waals surface area contributed by atoms with Gasteiger partial charge in [-0.05, 0) is 75.5 Å². The number of aliphatic hydroxyl groups excluding tert-OH is 1. The van der Waals surface area contributed by atoms with E-state index in [0.717, 1.165) is 38.2 Å². The Hall–Kier alpha value is -2.29. The average molecular weight is 551 g/mol. The summed E-state index contributed by atoms with van der Waals surface area (Å²) in [6.45, 7) is 4.76. The Labute approximate surface area is 228 Å². The summed E-state index contributed by atoms with van der Waals surface area (Å²) in [5.74, 6) is -4.31. The van der Waals surface area contributed by atoms with E-state index < -0.39 is 70.0 Å². The highest BCUT2D eigenvalue weighted by molar-refractivity contribution is 6.01. The molecule has 9 heteroatoms. The lowest BCUT2D eigenvalue weighted by Crippen LogP contribution is -2.71. The number of fused-ring (bicyclic) bond motifs is 5. The van der Waals surface area contributed by atoms with E-state index >= 15 is 8.78 Å². The van der Waals surface area contributed by atoms with Crippen LogP contribution >= 0.6 is 0 Å². The van der Waals surface area contributed by atoms with Gasteiger partial charge in [-0.2, -0.15) is 0 Å². The van der Waals surface area contributed by atoms with Crippen LogP contribution < -0.4 is 0 Å². The molecule has 0 aromatic rings. The molecule has 5 aliphatic rings. The maximum Gasteiger partial charge on any atom is 0.509 e. The van der Waals surface area contributed by atoms with Crippen molar-refractivity contribution in [3.8, 4) is 0 Å². The van der Waals surface area contributed by atoms with E-state index in [2.05, 4.69) is 0 Å². The Morgan fingerprint density at radius 2 is 1.69 bits per heavy atom. The van der Waals surface area contributed by atoms with Gasteiger partial charge in [-0.15, -0.1) is 0 Å². The molecule has 0 unspecified atom stereocenters. The van der Waals surface area contributed by atoms with Crippen molar-refractivity contribution >= 4 is 17.9 Å². The first-order chi connectivity index (χ1) is 18.3. The zero-order chi connectivity index (χ0) is 28.4. The number of carbonyl (C=O) groups is 3. The normalized spacial score (nSPS) is 46.2. The van der Waals surface area contributed by atoms with Crippen LogP contribution in [0.1, 0.15) is 85.0 Å². The highest BCUT2D eigenvalue weighted by Crippen LogP contribution is 2.71. The van der Waals surface area contributed by atoms with E-state index in [1.807, 2.05) is 0 Å². The Bertz CT molecular complexity index is 1100. The number of hydrogen-bond donors (Lipinski definition) is 2. The Morgan fingerprint density at radius 3 is 2.33 bits per heavy atom. The van der Waals surface area contributed by atoms with E-state index in [-0.39, 0.29) is 30.9 Å². The number of carboxylic acid groups (broad SMARTS) is 1. The lowest BCUT2D eigenvalue weighted by molar-refractivity contribution is -0.232. The molecule has 39 heavy (non-hydrogen) atoms. The van der Waals surface area contributed by atoms with Crippen molar-refractivity contribution in [2.75, 3.05) is 0 Å². The highest BCUT2D eigenvalue weighted by Gasteiger charge is 2.78. The van der Waals surface area contributed by atoms with Crippen molar-refractivity contribution in [1.29, 1.82) is 0 Å². The van der Waals surface area contributed by atoms with E-state index in [4.69, 9.17) is 9.47 Å². The molecule has 4 saturated carbocycles. The maximum absolute atomic E-state index is 17.4. The summed E-state index contributed by atoms with van der Waals surface area (Å²) in [6, 6.07) is 0. The number of ether oxygens (including phenoxy) is 2. The number of rotatable bonds is 3. The van der Waals surface area contributed by atoms with Gasteiger partial charge in [0.15, 0.2) is 11.5 Å². The summed E-state index contributed by atoms with van der Waals surface area (Å²) in [5.41, 5.74) is -7.37. The van der Waals surface area contributed by atoms with Crippen LogP contribution in [-0.4, -0.2) is 57.8 Å². The highest BCUT2D eigenvalue weighted by atomic mass is 19.1. The molecular formula is C30H40F2O7. The Balaban J connectivity index is 1.49. The van der Waals surface area contributed by atoms with Crippen molar-refractivity contribution in [3.63, 3.8) is 0 Å². The first kappa shape index (κ1) is 28.2. The number of carbonyl (C=O) groups excluding carboxylic acids is 2. The quantitative estimate of drug-likeness (QED) is 0.438. The summed E-state index contributed by atoms with van der Waals surface area (Å²) in [5, 5.41) is 22.1. The average Bonchev–Trinajstić information content (AvgIpc) is 3.06.